The summed E-state index contributed by atoms with van der Waals surface area (Å²) >= 11 is 0. The predicted octanol–water partition coefficient (Wildman–Crippen LogP) is 3.48. The molecule has 5 rings (SSSR count). The van der Waals surface area contributed by atoms with Gasteiger partial charge >= 0.3 is 0 Å². The number of amides is 3. The zero-order chi connectivity index (χ0) is 27.9. The van der Waals surface area contributed by atoms with Gasteiger partial charge in [-0.05, 0) is 56.2 Å². The lowest BCUT2D eigenvalue weighted by Gasteiger charge is -2.37. The molecule has 0 radical (unpaired) electrons. The summed E-state index contributed by atoms with van der Waals surface area (Å²) in [5.41, 5.74) is 1.56. The number of likely N-dealkylation sites (tertiary alicyclic amines) is 1. The standard InChI is InChI=1S/C31H39N3O5/c1-5-22(18-35)34-26(28(37)33-25-19(3)11-10-12-20(25)4)31-16-15-30(6-2,39-31)23(24(31)29(34)38)27(36)32-17-21-13-8-7-9-14-21/h7-14,22-24,26,35H,5-6,15-18H2,1-4H3,(H,32,36)(H,33,37)/t22-,23+,24-,26?,30-,31?/m0/s1. The topological polar surface area (TPSA) is 108 Å². The minimum Gasteiger partial charge on any atom is -0.394 e. The Morgan fingerprint density at radius 3 is 2.36 bits per heavy atom. The van der Waals surface area contributed by atoms with E-state index in [1.807, 2.05) is 76.2 Å². The molecule has 3 aliphatic rings. The van der Waals surface area contributed by atoms with Crippen LogP contribution in [0.5, 0.6) is 0 Å². The number of nitrogens with zero attached hydrogens (tertiary/aromatic N) is 1. The van der Waals surface area contributed by atoms with Crippen LogP contribution in [-0.2, 0) is 25.7 Å². The van der Waals surface area contributed by atoms with Crippen molar-refractivity contribution in [2.45, 2.75) is 83.2 Å². The predicted molar refractivity (Wildman–Crippen MR) is 148 cm³/mol. The molecule has 8 nitrogen and oxygen atoms in total. The number of anilines is 1. The Labute approximate surface area is 230 Å². The van der Waals surface area contributed by atoms with Gasteiger partial charge in [-0.3, -0.25) is 14.4 Å². The van der Waals surface area contributed by atoms with Gasteiger partial charge in [-0.1, -0.05) is 62.4 Å². The van der Waals surface area contributed by atoms with E-state index in [4.69, 9.17) is 4.74 Å². The Morgan fingerprint density at radius 1 is 1.05 bits per heavy atom. The lowest BCUT2D eigenvalue weighted by atomic mass is 9.65. The molecule has 6 atom stereocenters. The molecular weight excluding hydrogens is 494 g/mol. The van der Waals surface area contributed by atoms with Crippen molar-refractivity contribution in [2.24, 2.45) is 11.8 Å². The molecule has 3 N–H and O–H groups in total. The number of nitrogens with one attached hydrogen (secondary N) is 2. The lowest BCUT2D eigenvalue weighted by molar-refractivity contribution is -0.149. The molecule has 2 aromatic carbocycles. The molecular formula is C31H39N3O5. The summed E-state index contributed by atoms with van der Waals surface area (Å²) in [6, 6.07) is 13.9. The van der Waals surface area contributed by atoms with E-state index in [-0.39, 0.29) is 24.3 Å². The number of carbonyl (C=O) groups excluding carboxylic acids is 3. The molecule has 8 heteroatoms. The van der Waals surface area contributed by atoms with Crippen molar-refractivity contribution in [3.05, 3.63) is 65.2 Å². The van der Waals surface area contributed by atoms with E-state index in [0.717, 1.165) is 16.7 Å². The SMILES string of the molecule is CC[C@@H](CO)N1C(=O)[C@@H]2[C@H](C(=O)NCc3ccccc3)[C@]3(CC)CCC2(O3)C1C(=O)Nc1c(C)cccc1C. The number of para-hydroxylation sites is 1. The van der Waals surface area contributed by atoms with E-state index in [9.17, 15) is 19.5 Å². The van der Waals surface area contributed by atoms with Crippen molar-refractivity contribution < 1.29 is 24.2 Å². The molecule has 3 heterocycles. The largest absolute Gasteiger partial charge is 0.394 e. The highest BCUT2D eigenvalue weighted by Crippen LogP contribution is 2.64. The van der Waals surface area contributed by atoms with Gasteiger partial charge in [0, 0.05) is 12.2 Å². The maximum Gasteiger partial charge on any atom is 0.250 e. The lowest BCUT2D eigenvalue weighted by Crippen LogP contribution is -2.56. The second-order valence-corrected chi connectivity index (χ2v) is 11.3. The molecule has 1 spiro atoms. The fourth-order valence-electron chi connectivity index (χ4n) is 7.26. The van der Waals surface area contributed by atoms with Gasteiger partial charge < -0.3 is 25.4 Å². The van der Waals surface area contributed by atoms with Crippen molar-refractivity contribution in [1.82, 2.24) is 10.2 Å². The van der Waals surface area contributed by atoms with Gasteiger partial charge in [0.05, 0.1) is 30.1 Å². The van der Waals surface area contributed by atoms with Crippen LogP contribution in [-0.4, -0.2) is 57.6 Å². The number of hydrogen-bond donors (Lipinski definition) is 3. The van der Waals surface area contributed by atoms with E-state index in [1.165, 1.54) is 4.90 Å². The number of benzene rings is 2. The average molecular weight is 534 g/mol. The Morgan fingerprint density at radius 2 is 1.74 bits per heavy atom. The van der Waals surface area contributed by atoms with Crippen LogP contribution in [0.2, 0.25) is 0 Å². The first-order valence-electron chi connectivity index (χ1n) is 14.0. The Kier molecular flexibility index (Phi) is 7.29. The number of ether oxygens (including phenoxy) is 1. The summed E-state index contributed by atoms with van der Waals surface area (Å²) in [7, 11) is 0. The average Bonchev–Trinajstić information content (AvgIpc) is 3.55. The minimum atomic E-state index is -1.13. The molecule has 208 valence electrons. The molecule has 3 fully saturated rings. The van der Waals surface area contributed by atoms with Crippen LogP contribution in [0.3, 0.4) is 0 Å². The van der Waals surface area contributed by atoms with Crippen molar-refractivity contribution in [3.63, 3.8) is 0 Å². The van der Waals surface area contributed by atoms with Gasteiger partial charge in [-0.2, -0.15) is 0 Å². The Bertz CT molecular complexity index is 1240. The van der Waals surface area contributed by atoms with Crippen molar-refractivity contribution in [2.75, 3.05) is 11.9 Å². The molecule has 3 saturated heterocycles. The fraction of sp³-hybridized carbons (Fsp3) is 0.516. The van der Waals surface area contributed by atoms with Gasteiger partial charge in [-0.25, -0.2) is 0 Å². The summed E-state index contributed by atoms with van der Waals surface area (Å²) in [6.45, 7) is 7.80. The molecule has 2 aromatic rings. The third-order valence-electron chi connectivity index (χ3n) is 9.26. The quantitative estimate of drug-likeness (QED) is 0.458. The molecule has 3 amide bonds. The number of carbonyl (C=O) groups is 3. The number of aliphatic hydroxyl groups is 1. The first-order valence-corrected chi connectivity index (χ1v) is 14.0. The van der Waals surface area contributed by atoms with Crippen LogP contribution in [0.1, 0.15) is 56.2 Å². The maximum atomic E-state index is 14.3. The summed E-state index contributed by atoms with van der Waals surface area (Å²) < 4.78 is 6.81. The van der Waals surface area contributed by atoms with Gasteiger partial charge in [0.15, 0.2) is 0 Å². The van der Waals surface area contributed by atoms with Gasteiger partial charge in [0.1, 0.15) is 11.6 Å². The van der Waals surface area contributed by atoms with Gasteiger partial charge in [-0.15, -0.1) is 0 Å². The molecule has 0 saturated carbocycles. The van der Waals surface area contributed by atoms with E-state index in [2.05, 4.69) is 10.6 Å². The molecule has 0 aromatic heterocycles. The van der Waals surface area contributed by atoms with Crippen molar-refractivity contribution in [1.29, 1.82) is 0 Å². The molecule has 3 aliphatic heterocycles. The first-order chi connectivity index (χ1) is 18.7. The second-order valence-electron chi connectivity index (χ2n) is 11.3. The Hall–Kier alpha value is -3.23. The number of fused-ring (bicyclic) bond motifs is 1. The Balaban J connectivity index is 1.53. The van der Waals surface area contributed by atoms with Crippen LogP contribution in [0.4, 0.5) is 5.69 Å². The summed E-state index contributed by atoms with van der Waals surface area (Å²) in [5, 5.41) is 16.4. The normalized spacial score (nSPS) is 29.8. The van der Waals surface area contributed by atoms with Crippen LogP contribution >= 0.6 is 0 Å². The third-order valence-corrected chi connectivity index (χ3v) is 9.26. The van der Waals surface area contributed by atoms with Crippen molar-refractivity contribution >= 4 is 23.4 Å². The summed E-state index contributed by atoms with van der Waals surface area (Å²) in [6.07, 6.45) is 2.13. The summed E-state index contributed by atoms with van der Waals surface area (Å²) in [4.78, 5) is 43.7. The number of rotatable bonds is 9. The third kappa shape index (κ3) is 4.25. The monoisotopic (exact) mass is 533 g/mol. The van der Waals surface area contributed by atoms with Crippen LogP contribution in [0.25, 0.3) is 0 Å². The summed E-state index contributed by atoms with van der Waals surface area (Å²) in [5.74, 6) is -2.37. The number of aliphatic hydroxyl groups excluding tert-OH is 1. The molecule has 0 aliphatic carbocycles. The smallest absolute Gasteiger partial charge is 0.250 e. The minimum absolute atomic E-state index is 0.228. The van der Waals surface area contributed by atoms with Crippen LogP contribution < -0.4 is 10.6 Å². The van der Waals surface area contributed by atoms with Crippen LogP contribution in [0.15, 0.2) is 48.5 Å². The second kappa shape index (κ2) is 10.4. The van der Waals surface area contributed by atoms with Crippen LogP contribution in [0, 0.1) is 25.7 Å². The number of aryl methyl sites for hydroxylation is 2. The molecule has 2 bridgehead atoms. The van der Waals surface area contributed by atoms with Crippen molar-refractivity contribution in [3.8, 4) is 0 Å². The fourth-order valence-corrected chi connectivity index (χ4v) is 7.26. The zero-order valence-corrected chi connectivity index (χ0v) is 23.2. The van der Waals surface area contributed by atoms with E-state index in [0.29, 0.717) is 37.9 Å². The van der Waals surface area contributed by atoms with E-state index in [1.54, 1.807) is 0 Å². The highest BCUT2D eigenvalue weighted by atomic mass is 16.5. The van der Waals surface area contributed by atoms with Gasteiger partial charge in [0.25, 0.3) is 0 Å². The highest BCUT2D eigenvalue weighted by Gasteiger charge is 2.79. The molecule has 39 heavy (non-hydrogen) atoms. The van der Waals surface area contributed by atoms with E-state index >= 15 is 0 Å². The maximum absolute atomic E-state index is 14.3. The van der Waals surface area contributed by atoms with E-state index < -0.39 is 35.1 Å². The molecule has 2 unspecified atom stereocenters. The number of hydrogen-bond acceptors (Lipinski definition) is 5. The van der Waals surface area contributed by atoms with Gasteiger partial charge in [0.2, 0.25) is 17.7 Å². The zero-order valence-electron chi connectivity index (χ0n) is 23.2. The highest BCUT2D eigenvalue weighted by molar-refractivity contribution is 6.04. The first kappa shape index (κ1) is 27.3.